The Morgan fingerprint density at radius 1 is 1.53 bits per heavy atom. The molecule has 1 amide bonds. The van der Waals surface area contributed by atoms with Crippen LogP contribution in [0.3, 0.4) is 0 Å². The maximum Gasteiger partial charge on any atom is 0.220 e. The zero-order chi connectivity index (χ0) is 11.5. The lowest BCUT2D eigenvalue weighted by Crippen LogP contribution is -2.40. The minimum atomic E-state index is 0.177. The largest absolute Gasteiger partial charge is 0.352 e. The van der Waals surface area contributed by atoms with Crippen molar-refractivity contribution in [1.82, 2.24) is 10.2 Å². The van der Waals surface area contributed by atoms with Crippen LogP contribution in [0.5, 0.6) is 0 Å². The quantitative estimate of drug-likeness (QED) is 0.671. The highest BCUT2D eigenvalue weighted by Gasteiger charge is 2.42. The summed E-state index contributed by atoms with van der Waals surface area (Å²) in [6.45, 7) is 2.93. The Morgan fingerprint density at radius 3 is 2.53 bits per heavy atom. The third kappa shape index (κ3) is 4.43. The number of rotatable bonds is 6. The van der Waals surface area contributed by atoms with Crippen LogP contribution in [0.25, 0.3) is 0 Å². The molecule has 1 aliphatic rings. The number of hydrogen-bond donors (Lipinski definition) is 2. The van der Waals surface area contributed by atoms with Gasteiger partial charge in [0.15, 0.2) is 0 Å². The van der Waals surface area contributed by atoms with E-state index in [2.05, 4.69) is 22.8 Å². The molecule has 0 heterocycles. The first kappa shape index (κ1) is 12.8. The summed E-state index contributed by atoms with van der Waals surface area (Å²) in [5.41, 5.74) is 0.227. The van der Waals surface area contributed by atoms with E-state index in [1.165, 1.54) is 0 Å². The van der Waals surface area contributed by atoms with Gasteiger partial charge in [-0.05, 0) is 45.0 Å². The average Bonchev–Trinajstić information content (AvgIpc) is 2.83. The van der Waals surface area contributed by atoms with Gasteiger partial charge in [-0.3, -0.25) is 4.79 Å². The molecule has 15 heavy (non-hydrogen) atoms. The van der Waals surface area contributed by atoms with E-state index in [0.29, 0.717) is 6.42 Å². The Morgan fingerprint density at radius 2 is 2.13 bits per heavy atom. The van der Waals surface area contributed by atoms with Crippen molar-refractivity contribution in [2.45, 2.75) is 32.2 Å². The van der Waals surface area contributed by atoms with Crippen LogP contribution in [0.4, 0.5) is 0 Å². The first-order valence-corrected chi connectivity index (χ1v) is 6.16. The molecular weight excluding hydrogens is 208 g/mol. The predicted molar refractivity (Wildman–Crippen MR) is 66.3 cm³/mol. The summed E-state index contributed by atoms with van der Waals surface area (Å²) in [5, 5.41) is 3.03. The molecule has 1 rings (SSSR count). The van der Waals surface area contributed by atoms with Crippen molar-refractivity contribution >= 4 is 18.5 Å². The second kappa shape index (κ2) is 5.21. The van der Waals surface area contributed by atoms with Gasteiger partial charge in [0, 0.05) is 19.0 Å². The van der Waals surface area contributed by atoms with Crippen LogP contribution < -0.4 is 5.32 Å². The minimum Gasteiger partial charge on any atom is -0.352 e. The van der Waals surface area contributed by atoms with Gasteiger partial charge in [0.05, 0.1) is 0 Å². The molecule has 0 saturated heterocycles. The SMILES string of the molecule is CC(CN(C)C)NC(=O)CC1(CS)CC1. The predicted octanol–water partition coefficient (Wildman–Crippen LogP) is 1.15. The average molecular weight is 230 g/mol. The molecule has 0 aliphatic heterocycles. The molecule has 88 valence electrons. The van der Waals surface area contributed by atoms with E-state index in [1.54, 1.807) is 0 Å². The summed E-state index contributed by atoms with van der Waals surface area (Å²) in [6, 6.07) is 0.225. The normalized spacial score (nSPS) is 20.1. The topological polar surface area (TPSA) is 32.3 Å². The summed E-state index contributed by atoms with van der Waals surface area (Å²) in [7, 11) is 4.03. The van der Waals surface area contributed by atoms with Crippen LogP contribution in [0.15, 0.2) is 0 Å². The van der Waals surface area contributed by atoms with Crippen molar-refractivity contribution in [2.24, 2.45) is 5.41 Å². The zero-order valence-corrected chi connectivity index (χ0v) is 10.8. The maximum absolute atomic E-state index is 11.7. The molecule has 0 spiro atoms. The van der Waals surface area contributed by atoms with Crippen LogP contribution in [-0.4, -0.2) is 43.2 Å². The molecule has 1 atom stereocenters. The Kier molecular flexibility index (Phi) is 4.46. The molecule has 1 fully saturated rings. The van der Waals surface area contributed by atoms with E-state index in [-0.39, 0.29) is 17.4 Å². The van der Waals surface area contributed by atoms with Gasteiger partial charge in [0.1, 0.15) is 0 Å². The van der Waals surface area contributed by atoms with Gasteiger partial charge < -0.3 is 10.2 Å². The second-order valence-corrected chi connectivity index (χ2v) is 5.38. The molecule has 4 heteroatoms. The van der Waals surface area contributed by atoms with Crippen molar-refractivity contribution in [2.75, 3.05) is 26.4 Å². The second-order valence-electron chi connectivity index (χ2n) is 5.07. The molecule has 3 nitrogen and oxygen atoms in total. The van der Waals surface area contributed by atoms with Crippen molar-refractivity contribution in [3.8, 4) is 0 Å². The zero-order valence-electron chi connectivity index (χ0n) is 9.92. The minimum absolute atomic E-state index is 0.177. The van der Waals surface area contributed by atoms with Crippen molar-refractivity contribution < 1.29 is 4.79 Å². The van der Waals surface area contributed by atoms with Crippen LogP contribution in [0, 0.1) is 5.41 Å². The van der Waals surface area contributed by atoms with Gasteiger partial charge in [-0.1, -0.05) is 0 Å². The number of likely N-dealkylation sites (N-methyl/N-ethyl adjacent to an activating group) is 1. The number of carbonyl (C=O) groups is 1. The fraction of sp³-hybridized carbons (Fsp3) is 0.909. The van der Waals surface area contributed by atoms with E-state index >= 15 is 0 Å². The summed E-state index contributed by atoms with van der Waals surface area (Å²) >= 11 is 4.30. The number of carbonyl (C=O) groups excluding carboxylic acids is 1. The van der Waals surface area contributed by atoms with Gasteiger partial charge in [0.2, 0.25) is 5.91 Å². The van der Waals surface area contributed by atoms with Crippen molar-refractivity contribution in [3.05, 3.63) is 0 Å². The molecule has 0 aromatic rings. The molecule has 1 N–H and O–H groups in total. The molecule has 0 aromatic carbocycles. The number of amides is 1. The molecule has 1 unspecified atom stereocenters. The van der Waals surface area contributed by atoms with Gasteiger partial charge in [-0.15, -0.1) is 0 Å². The van der Waals surface area contributed by atoms with Gasteiger partial charge in [-0.25, -0.2) is 0 Å². The standard InChI is InChI=1S/C11H22N2OS/c1-9(7-13(2)3)12-10(14)6-11(8-15)4-5-11/h9,15H,4-8H2,1-3H3,(H,12,14). The highest BCUT2D eigenvalue weighted by Crippen LogP contribution is 2.49. The van der Waals surface area contributed by atoms with E-state index in [0.717, 1.165) is 25.1 Å². The summed E-state index contributed by atoms with van der Waals surface area (Å²) < 4.78 is 0. The van der Waals surface area contributed by atoms with Gasteiger partial charge >= 0.3 is 0 Å². The van der Waals surface area contributed by atoms with E-state index < -0.39 is 0 Å². The lowest BCUT2D eigenvalue weighted by Gasteiger charge is -2.19. The molecule has 0 bridgehead atoms. The van der Waals surface area contributed by atoms with E-state index in [1.807, 2.05) is 21.0 Å². The first-order chi connectivity index (χ1) is 6.97. The smallest absolute Gasteiger partial charge is 0.220 e. The summed E-state index contributed by atoms with van der Waals surface area (Å²) in [5.74, 6) is 1.01. The first-order valence-electron chi connectivity index (χ1n) is 5.52. The maximum atomic E-state index is 11.7. The fourth-order valence-electron chi connectivity index (χ4n) is 1.83. The number of thiol groups is 1. The fourth-order valence-corrected chi connectivity index (χ4v) is 2.26. The van der Waals surface area contributed by atoms with Crippen LogP contribution in [0.1, 0.15) is 26.2 Å². The van der Waals surface area contributed by atoms with E-state index in [9.17, 15) is 4.79 Å². The van der Waals surface area contributed by atoms with Crippen molar-refractivity contribution in [3.63, 3.8) is 0 Å². The van der Waals surface area contributed by atoms with E-state index in [4.69, 9.17) is 0 Å². The van der Waals surface area contributed by atoms with Gasteiger partial charge in [0.25, 0.3) is 0 Å². The number of nitrogens with one attached hydrogen (secondary N) is 1. The molecule has 0 radical (unpaired) electrons. The Labute approximate surface area is 98.0 Å². The lowest BCUT2D eigenvalue weighted by molar-refractivity contribution is -0.122. The van der Waals surface area contributed by atoms with Gasteiger partial charge in [-0.2, -0.15) is 12.6 Å². The van der Waals surface area contributed by atoms with Crippen LogP contribution >= 0.6 is 12.6 Å². The highest BCUT2D eigenvalue weighted by atomic mass is 32.1. The summed E-state index contributed by atoms with van der Waals surface area (Å²) in [4.78, 5) is 13.8. The Balaban J connectivity index is 2.24. The lowest BCUT2D eigenvalue weighted by atomic mass is 10.0. The Bertz CT molecular complexity index is 227. The monoisotopic (exact) mass is 230 g/mol. The van der Waals surface area contributed by atoms with Crippen molar-refractivity contribution in [1.29, 1.82) is 0 Å². The van der Waals surface area contributed by atoms with Crippen LogP contribution in [0.2, 0.25) is 0 Å². The molecule has 1 saturated carbocycles. The molecule has 1 aliphatic carbocycles. The number of nitrogens with zero attached hydrogens (tertiary/aromatic N) is 1. The molecule has 0 aromatic heterocycles. The summed E-state index contributed by atoms with van der Waals surface area (Å²) in [6.07, 6.45) is 2.96. The third-order valence-electron chi connectivity index (χ3n) is 2.87. The molecular formula is C11H22N2OS. The van der Waals surface area contributed by atoms with Crippen LogP contribution in [-0.2, 0) is 4.79 Å². The third-order valence-corrected chi connectivity index (χ3v) is 3.55. The Hall–Kier alpha value is -0.220. The highest BCUT2D eigenvalue weighted by molar-refractivity contribution is 7.80. The number of hydrogen-bond acceptors (Lipinski definition) is 3.